The van der Waals surface area contributed by atoms with Crippen molar-refractivity contribution in [3.63, 3.8) is 0 Å². The van der Waals surface area contributed by atoms with E-state index < -0.39 is 11.9 Å². The van der Waals surface area contributed by atoms with E-state index in [2.05, 4.69) is 6.92 Å². The van der Waals surface area contributed by atoms with Gasteiger partial charge in [0, 0.05) is 5.69 Å². The maximum Gasteiger partial charge on any atom is 0.311 e. The summed E-state index contributed by atoms with van der Waals surface area (Å²) in [5.74, 6) is -1.23. The molecule has 0 spiro atoms. The number of unbranched alkanes of at least 4 members (excludes halogenated alkanes) is 7. The Morgan fingerprint density at radius 1 is 1.05 bits per heavy atom. The molecule has 3 N–H and O–H groups in total. The van der Waals surface area contributed by atoms with Crippen LogP contribution in [0.5, 0.6) is 0 Å². The minimum atomic E-state index is -0.768. The molecule has 1 rings (SSSR count). The number of carbonyl (C=O) groups is 1. The number of nitrogen functional groups attached to an aromatic ring is 1. The highest BCUT2D eigenvalue weighted by Crippen LogP contribution is 2.27. The molecule has 0 aliphatic carbocycles. The number of hydrogen-bond acceptors (Lipinski definition) is 2. The predicted molar refractivity (Wildman–Crippen MR) is 88.5 cm³/mol. The second-order valence-electron chi connectivity index (χ2n) is 5.78. The van der Waals surface area contributed by atoms with Crippen LogP contribution in [0.1, 0.15) is 76.2 Å². The van der Waals surface area contributed by atoms with E-state index in [0.717, 1.165) is 18.4 Å². The van der Waals surface area contributed by atoms with Crippen molar-refractivity contribution in [2.45, 2.75) is 70.6 Å². The van der Waals surface area contributed by atoms with Gasteiger partial charge in [-0.2, -0.15) is 0 Å². The lowest BCUT2D eigenvalue weighted by Crippen LogP contribution is -2.13. The van der Waals surface area contributed by atoms with Crippen LogP contribution < -0.4 is 5.73 Å². The van der Waals surface area contributed by atoms with Gasteiger partial charge in [0.2, 0.25) is 0 Å². The van der Waals surface area contributed by atoms with E-state index in [9.17, 15) is 9.90 Å². The maximum atomic E-state index is 11.4. The van der Waals surface area contributed by atoms with Gasteiger partial charge in [-0.3, -0.25) is 4.79 Å². The van der Waals surface area contributed by atoms with Gasteiger partial charge >= 0.3 is 5.97 Å². The van der Waals surface area contributed by atoms with E-state index in [1.165, 1.54) is 38.5 Å². The number of nitrogens with two attached hydrogens (primary N) is 1. The first-order valence-corrected chi connectivity index (χ1v) is 8.24. The SMILES string of the molecule is CCCCCCCCCCC(C(=O)O)c1ccccc1N. The Morgan fingerprint density at radius 3 is 2.19 bits per heavy atom. The number of benzene rings is 1. The largest absolute Gasteiger partial charge is 0.481 e. The van der Waals surface area contributed by atoms with Gasteiger partial charge in [-0.1, -0.05) is 76.5 Å². The summed E-state index contributed by atoms with van der Waals surface area (Å²) in [4.78, 5) is 11.4. The summed E-state index contributed by atoms with van der Waals surface area (Å²) >= 11 is 0. The van der Waals surface area contributed by atoms with Crippen molar-refractivity contribution in [2.24, 2.45) is 0 Å². The average Bonchev–Trinajstić information content (AvgIpc) is 2.46. The lowest BCUT2D eigenvalue weighted by Gasteiger charge is -2.14. The molecule has 0 bridgehead atoms. The summed E-state index contributed by atoms with van der Waals surface area (Å²) in [6, 6.07) is 7.31. The first-order chi connectivity index (χ1) is 10.2. The minimum absolute atomic E-state index is 0.466. The second kappa shape index (κ2) is 10.3. The Kier molecular flexibility index (Phi) is 8.56. The molecule has 3 nitrogen and oxygen atoms in total. The summed E-state index contributed by atoms with van der Waals surface area (Å²) in [5, 5.41) is 9.40. The Morgan fingerprint density at radius 2 is 1.62 bits per heavy atom. The van der Waals surface area contributed by atoms with Gasteiger partial charge in [0.15, 0.2) is 0 Å². The average molecular weight is 291 g/mol. The lowest BCUT2D eigenvalue weighted by molar-refractivity contribution is -0.139. The van der Waals surface area contributed by atoms with Gasteiger partial charge in [-0.15, -0.1) is 0 Å². The number of carboxylic acid groups (broad SMARTS) is 1. The van der Waals surface area contributed by atoms with Crippen LogP contribution in [0.3, 0.4) is 0 Å². The summed E-state index contributed by atoms with van der Waals surface area (Å²) in [7, 11) is 0. The highest BCUT2D eigenvalue weighted by molar-refractivity contribution is 5.78. The predicted octanol–water partition coefficient (Wildman–Crippen LogP) is 4.97. The Labute approximate surface area is 128 Å². The quantitative estimate of drug-likeness (QED) is 0.447. The van der Waals surface area contributed by atoms with E-state index >= 15 is 0 Å². The first kappa shape index (κ1) is 17.5. The van der Waals surface area contributed by atoms with E-state index in [-0.39, 0.29) is 0 Å². The third-order valence-corrected chi connectivity index (χ3v) is 4.02. The van der Waals surface area contributed by atoms with Crippen LogP contribution in [-0.2, 0) is 4.79 Å². The van der Waals surface area contributed by atoms with E-state index in [0.29, 0.717) is 12.1 Å². The molecule has 0 fully saturated rings. The first-order valence-electron chi connectivity index (χ1n) is 8.24. The molecule has 21 heavy (non-hydrogen) atoms. The zero-order chi connectivity index (χ0) is 15.5. The molecule has 0 saturated heterocycles. The van der Waals surface area contributed by atoms with E-state index in [4.69, 9.17) is 5.73 Å². The zero-order valence-electron chi connectivity index (χ0n) is 13.2. The topological polar surface area (TPSA) is 63.3 Å². The van der Waals surface area contributed by atoms with Crippen molar-refractivity contribution < 1.29 is 9.90 Å². The molecule has 1 unspecified atom stereocenters. The number of aliphatic carboxylic acids is 1. The van der Waals surface area contributed by atoms with Gasteiger partial charge in [0.25, 0.3) is 0 Å². The van der Waals surface area contributed by atoms with Crippen LogP contribution >= 0.6 is 0 Å². The van der Waals surface area contributed by atoms with Crippen molar-refractivity contribution in [1.29, 1.82) is 0 Å². The Hall–Kier alpha value is -1.51. The molecule has 3 heteroatoms. The smallest absolute Gasteiger partial charge is 0.311 e. The molecule has 0 amide bonds. The highest BCUT2D eigenvalue weighted by Gasteiger charge is 2.21. The van der Waals surface area contributed by atoms with Crippen molar-refractivity contribution >= 4 is 11.7 Å². The fourth-order valence-electron chi connectivity index (χ4n) is 2.72. The molecule has 118 valence electrons. The van der Waals surface area contributed by atoms with Gasteiger partial charge in [0.1, 0.15) is 0 Å². The third-order valence-electron chi connectivity index (χ3n) is 4.02. The maximum absolute atomic E-state index is 11.4. The lowest BCUT2D eigenvalue weighted by atomic mass is 9.92. The van der Waals surface area contributed by atoms with Crippen LogP contribution in [0, 0.1) is 0 Å². The minimum Gasteiger partial charge on any atom is -0.481 e. The molecule has 1 aromatic rings. The Bertz CT molecular complexity index is 417. The molecule has 1 atom stereocenters. The molecule has 0 aliphatic heterocycles. The molecular weight excluding hydrogens is 262 g/mol. The van der Waals surface area contributed by atoms with Crippen LogP contribution in [0.2, 0.25) is 0 Å². The van der Waals surface area contributed by atoms with Gasteiger partial charge in [0.05, 0.1) is 5.92 Å². The number of carboxylic acids is 1. The summed E-state index contributed by atoms with van der Waals surface area (Å²) in [5.41, 5.74) is 7.24. The van der Waals surface area contributed by atoms with Gasteiger partial charge in [-0.25, -0.2) is 0 Å². The highest BCUT2D eigenvalue weighted by atomic mass is 16.4. The third kappa shape index (κ3) is 6.65. The summed E-state index contributed by atoms with van der Waals surface area (Å²) < 4.78 is 0. The zero-order valence-corrected chi connectivity index (χ0v) is 13.2. The monoisotopic (exact) mass is 291 g/mol. The number of anilines is 1. The van der Waals surface area contributed by atoms with Crippen molar-refractivity contribution in [1.82, 2.24) is 0 Å². The van der Waals surface area contributed by atoms with Crippen LogP contribution in [0.4, 0.5) is 5.69 Å². The number of rotatable bonds is 11. The van der Waals surface area contributed by atoms with Crippen molar-refractivity contribution in [3.05, 3.63) is 29.8 Å². The molecule has 0 saturated carbocycles. The standard InChI is InChI=1S/C18H29NO2/c1-2-3-4-5-6-7-8-9-13-16(18(20)21)15-12-10-11-14-17(15)19/h10-12,14,16H,2-9,13,19H2,1H3,(H,20,21). The number of para-hydroxylation sites is 1. The molecule has 1 aromatic carbocycles. The molecule has 0 heterocycles. The summed E-state index contributed by atoms with van der Waals surface area (Å²) in [6.07, 6.45) is 10.5. The second-order valence-corrected chi connectivity index (χ2v) is 5.78. The van der Waals surface area contributed by atoms with Gasteiger partial charge < -0.3 is 10.8 Å². The molecular formula is C18H29NO2. The summed E-state index contributed by atoms with van der Waals surface area (Å²) in [6.45, 7) is 2.22. The Balaban J connectivity index is 2.30. The number of hydrogen-bond donors (Lipinski definition) is 2. The van der Waals surface area contributed by atoms with Crippen LogP contribution in [-0.4, -0.2) is 11.1 Å². The molecule has 0 aromatic heterocycles. The van der Waals surface area contributed by atoms with Crippen LogP contribution in [0.15, 0.2) is 24.3 Å². The fraction of sp³-hybridized carbons (Fsp3) is 0.611. The van der Waals surface area contributed by atoms with E-state index in [1.54, 1.807) is 6.07 Å². The van der Waals surface area contributed by atoms with Crippen molar-refractivity contribution in [2.75, 3.05) is 5.73 Å². The van der Waals surface area contributed by atoms with E-state index in [1.807, 2.05) is 18.2 Å². The van der Waals surface area contributed by atoms with Crippen molar-refractivity contribution in [3.8, 4) is 0 Å². The fourth-order valence-corrected chi connectivity index (χ4v) is 2.72. The van der Waals surface area contributed by atoms with Gasteiger partial charge in [-0.05, 0) is 18.1 Å². The molecule has 0 aliphatic rings. The molecule has 0 radical (unpaired) electrons. The van der Waals surface area contributed by atoms with Crippen LogP contribution in [0.25, 0.3) is 0 Å². The normalized spacial score (nSPS) is 12.2.